The lowest BCUT2D eigenvalue weighted by Crippen LogP contribution is -2.39. The van der Waals surface area contributed by atoms with Gasteiger partial charge in [0, 0.05) is 24.8 Å². The van der Waals surface area contributed by atoms with Gasteiger partial charge >= 0.3 is 10.2 Å². The molecule has 2 rings (SSSR count). The van der Waals surface area contributed by atoms with E-state index in [0.717, 1.165) is 24.8 Å². The Labute approximate surface area is 121 Å². The van der Waals surface area contributed by atoms with Crippen molar-refractivity contribution in [2.24, 2.45) is 0 Å². The van der Waals surface area contributed by atoms with Gasteiger partial charge in [-0.2, -0.15) is 12.7 Å². The third-order valence-electron chi connectivity index (χ3n) is 3.75. The molecule has 1 heterocycles. The van der Waals surface area contributed by atoms with Gasteiger partial charge in [-0.1, -0.05) is 18.6 Å². The Hall–Kier alpha value is -1.11. The molecule has 1 saturated heterocycles. The van der Waals surface area contributed by atoms with Crippen LogP contribution in [0.25, 0.3) is 0 Å². The van der Waals surface area contributed by atoms with Crippen LogP contribution in [0.3, 0.4) is 0 Å². The molecule has 0 bridgehead atoms. The summed E-state index contributed by atoms with van der Waals surface area (Å²) in [4.78, 5) is 0. The first-order valence-corrected chi connectivity index (χ1v) is 8.52. The summed E-state index contributed by atoms with van der Waals surface area (Å²) in [5.74, 6) is 0. The molecule has 2 N–H and O–H groups in total. The average Bonchev–Trinajstić information content (AvgIpc) is 2.48. The normalized spacial score (nSPS) is 18.7. The minimum absolute atomic E-state index is 0.253. The molecule has 0 radical (unpaired) electrons. The smallest absolute Gasteiger partial charge is 0.301 e. The first-order valence-electron chi connectivity index (χ1n) is 7.08. The van der Waals surface area contributed by atoms with Crippen molar-refractivity contribution in [2.45, 2.75) is 32.2 Å². The maximum Gasteiger partial charge on any atom is 0.301 e. The topological polar surface area (TPSA) is 61.4 Å². The maximum absolute atomic E-state index is 12.2. The molecule has 1 unspecified atom stereocenters. The Kier molecular flexibility index (Phi) is 5.01. The fourth-order valence-electron chi connectivity index (χ4n) is 2.33. The van der Waals surface area contributed by atoms with E-state index in [-0.39, 0.29) is 6.04 Å². The fraction of sp³-hybridized carbons (Fsp3) is 0.571. The zero-order chi connectivity index (χ0) is 14.6. The van der Waals surface area contributed by atoms with Crippen LogP contribution in [-0.4, -0.2) is 32.9 Å². The van der Waals surface area contributed by atoms with Gasteiger partial charge < -0.3 is 5.32 Å². The van der Waals surface area contributed by atoms with Gasteiger partial charge in [-0.05, 0) is 44.5 Å². The van der Waals surface area contributed by atoms with E-state index in [1.165, 1.54) is 4.31 Å². The molecule has 1 atom stereocenters. The number of hydrogen-bond acceptors (Lipinski definition) is 3. The van der Waals surface area contributed by atoms with Crippen LogP contribution in [-0.2, 0) is 10.2 Å². The molecular weight excluding hydrogens is 274 g/mol. The number of rotatable bonds is 5. The third-order valence-corrected chi connectivity index (χ3v) is 5.28. The number of nitrogens with one attached hydrogen (secondary N) is 2. The molecule has 5 nitrogen and oxygen atoms in total. The van der Waals surface area contributed by atoms with Gasteiger partial charge in [0.1, 0.15) is 0 Å². The van der Waals surface area contributed by atoms with Crippen molar-refractivity contribution in [3.63, 3.8) is 0 Å². The van der Waals surface area contributed by atoms with Crippen molar-refractivity contribution in [2.75, 3.05) is 24.9 Å². The summed E-state index contributed by atoms with van der Waals surface area (Å²) in [7, 11) is -1.51. The second-order valence-corrected chi connectivity index (χ2v) is 6.87. The zero-order valence-electron chi connectivity index (χ0n) is 12.1. The molecule has 0 amide bonds. The van der Waals surface area contributed by atoms with Gasteiger partial charge in [0.15, 0.2) is 0 Å². The van der Waals surface area contributed by atoms with Crippen molar-refractivity contribution in [3.8, 4) is 0 Å². The minimum Gasteiger partial charge on any atom is -0.313 e. The van der Waals surface area contributed by atoms with E-state index < -0.39 is 10.2 Å². The average molecular weight is 297 g/mol. The second kappa shape index (κ2) is 6.56. The van der Waals surface area contributed by atoms with Crippen molar-refractivity contribution in [3.05, 3.63) is 29.8 Å². The van der Waals surface area contributed by atoms with E-state index in [2.05, 4.69) is 17.0 Å². The Morgan fingerprint density at radius 1 is 1.10 bits per heavy atom. The van der Waals surface area contributed by atoms with E-state index in [1.54, 1.807) is 0 Å². The standard InChI is InChI=1S/C14H23N3O2S/c1-12(15-2)13-6-8-14(9-7-13)16-20(18,19)17-10-4-3-5-11-17/h6-9,12,15-16H,3-5,10-11H2,1-2H3. The molecule has 6 heteroatoms. The second-order valence-electron chi connectivity index (χ2n) is 5.20. The monoisotopic (exact) mass is 297 g/mol. The molecule has 1 aliphatic rings. The zero-order valence-corrected chi connectivity index (χ0v) is 12.9. The molecule has 0 spiro atoms. The minimum atomic E-state index is -3.41. The van der Waals surface area contributed by atoms with E-state index in [0.29, 0.717) is 18.8 Å². The number of nitrogens with zero attached hydrogens (tertiary/aromatic N) is 1. The summed E-state index contributed by atoms with van der Waals surface area (Å²) in [6.07, 6.45) is 3.00. The van der Waals surface area contributed by atoms with Crippen molar-refractivity contribution >= 4 is 15.9 Å². The Balaban J connectivity index is 2.05. The van der Waals surface area contributed by atoms with Gasteiger partial charge in [0.05, 0.1) is 0 Å². The predicted octanol–water partition coefficient (Wildman–Crippen LogP) is 2.11. The highest BCUT2D eigenvalue weighted by Crippen LogP contribution is 2.19. The molecular formula is C14H23N3O2S. The summed E-state index contributed by atoms with van der Waals surface area (Å²) in [5, 5.41) is 3.15. The van der Waals surface area contributed by atoms with Crippen LogP contribution in [0.1, 0.15) is 37.8 Å². The Morgan fingerprint density at radius 2 is 1.70 bits per heavy atom. The van der Waals surface area contributed by atoms with Gasteiger partial charge in [0.25, 0.3) is 0 Å². The lowest BCUT2D eigenvalue weighted by atomic mass is 10.1. The molecule has 20 heavy (non-hydrogen) atoms. The largest absolute Gasteiger partial charge is 0.313 e. The Morgan fingerprint density at radius 3 is 2.25 bits per heavy atom. The van der Waals surface area contributed by atoms with Crippen LogP contribution in [0.2, 0.25) is 0 Å². The fourth-order valence-corrected chi connectivity index (χ4v) is 3.63. The SMILES string of the molecule is CNC(C)c1ccc(NS(=O)(=O)N2CCCCC2)cc1. The van der Waals surface area contributed by atoms with Crippen molar-refractivity contribution in [1.82, 2.24) is 9.62 Å². The van der Waals surface area contributed by atoms with Crippen molar-refractivity contribution < 1.29 is 8.42 Å². The van der Waals surface area contributed by atoms with Crippen molar-refractivity contribution in [1.29, 1.82) is 0 Å². The van der Waals surface area contributed by atoms with Gasteiger partial charge in [-0.3, -0.25) is 4.72 Å². The summed E-state index contributed by atoms with van der Waals surface area (Å²) >= 11 is 0. The summed E-state index contributed by atoms with van der Waals surface area (Å²) < 4.78 is 28.6. The first-order chi connectivity index (χ1) is 9.53. The van der Waals surface area contributed by atoms with Gasteiger partial charge in [-0.25, -0.2) is 0 Å². The number of hydrogen-bond donors (Lipinski definition) is 2. The summed E-state index contributed by atoms with van der Waals surface area (Å²) in [6.45, 7) is 3.29. The molecule has 0 aliphatic carbocycles. The molecule has 1 aromatic carbocycles. The molecule has 0 aromatic heterocycles. The predicted molar refractivity (Wildman–Crippen MR) is 81.9 cm³/mol. The summed E-state index contributed by atoms with van der Waals surface area (Å²) in [6, 6.07) is 7.75. The van der Waals surface area contributed by atoms with Crippen LogP contribution in [0, 0.1) is 0 Å². The van der Waals surface area contributed by atoms with Crippen LogP contribution in [0.4, 0.5) is 5.69 Å². The number of anilines is 1. The Bertz CT molecular complexity index is 522. The van der Waals surface area contributed by atoms with Gasteiger partial charge in [0.2, 0.25) is 0 Å². The van der Waals surface area contributed by atoms with E-state index >= 15 is 0 Å². The van der Waals surface area contributed by atoms with Crippen LogP contribution >= 0.6 is 0 Å². The number of piperidine rings is 1. The number of benzene rings is 1. The van der Waals surface area contributed by atoms with Gasteiger partial charge in [-0.15, -0.1) is 0 Å². The highest BCUT2D eigenvalue weighted by atomic mass is 32.2. The third kappa shape index (κ3) is 3.71. The van der Waals surface area contributed by atoms with Crippen LogP contribution < -0.4 is 10.0 Å². The molecule has 1 aromatic rings. The lowest BCUT2D eigenvalue weighted by Gasteiger charge is -2.26. The lowest BCUT2D eigenvalue weighted by molar-refractivity contribution is 0.349. The highest BCUT2D eigenvalue weighted by Gasteiger charge is 2.23. The maximum atomic E-state index is 12.2. The molecule has 1 fully saturated rings. The summed E-state index contributed by atoms with van der Waals surface area (Å²) in [5.41, 5.74) is 1.75. The van der Waals surface area contributed by atoms with E-state index in [9.17, 15) is 8.42 Å². The highest BCUT2D eigenvalue weighted by molar-refractivity contribution is 7.90. The van der Waals surface area contributed by atoms with Crippen LogP contribution in [0.5, 0.6) is 0 Å². The first kappa shape index (κ1) is 15.3. The molecule has 112 valence electrons. The molecule has 0 saturated carbocycles. The van der Waals surface area contributed by atoms with Crippen LogP contribution in [0.15, 0.2) is 24.3 Å². The quantitative estimate of drug-likeness (QED) is 0.875. The molecule has 1 aliphatic heterocycles. The van der Waals surface area contributed by atoms with E-state index in [1.807, 2.05) is 31.3 Å². The van der Waals surface area contributed by atoms with E-state index in [4.69, 9.17) is 0 Å².